The minimum atomic E-state index is 0.0654. The van der Waals surface area contributed by atoms with E-state index >= 15 is 0 Å². The molecule has 0 aliphatic heterocycles. The molecule has 0 aromatic heterocycles. The molecule has 1 unspecified atom stereocenters. The zero-order valence-electron chi connectivity index (χ0n) is 12.4. The second kappa shape index (κ2) is 9.38. The first-order valence-electron chi connectivity index (χ1n) is 6.76. The molecule has 4 heteroatoms. The molecule has 1 aromatic rings. The third-order valence-corrected chi connectivity index (χ3v) is 2.68. The van der Waals surface area contributed by atoms with E-state index in [1.807, 2.05) is 32.0 Å². The summed E-state index contributed by atoms with van der Waals surface area (Å²) in [6.45, 7) is 6.12. The number of nitrogens with two attached hydrogens (primary N) is 1. The van der Waals surface area contributed by atoms with Crippen LogP contribution in [0.2, 0.25) is 0 Å². The molecular weight excluding hydrogens is 254 g/mol. The predicted molar refractivity (Wildman–Crippen MR) is 79.7 cm³/mol. The largest absolute Gasteiger partial charge is 0.495 e. The molecule has 0 fully saturated rings. The lowest BCUT2D eigenvalue weighted by Crippen LogP contribution is -2.15. The average Bonchev–Trinajstić information content (AvgIpc) is 2.48. The van der Waals surface area contributed by atoms with Crippen LogP contribution in [-0.4, -0.2) is 33.0 Å². The van der Waals surface area contributed by atoms with Crippen LogP contribution in [0.4, 0.5) is 0 Å². The molecule has 2 N–H and O–H groups in total. The zero-order valence-corrected chi connectivity index (χ0v) is 12.4. The maximum absolute atomic E-state index is 5.72. The van der Waals surface area contributed by atoms with Crippen LogP contribution in [0.3, 0.4) is 0 Å². The van der Waals surface area contributed by atoms with Gasteiger partial charge in [-0.1, -0.05) is 17.9 Å². The van der Waals surface area contributed by atoms with Gasteiger partial charge in [0.05, 0.1) is 38.5 Å². The van der Waals surface area contributed by atoms with E-state index in [-0.39, 0.29) is 6.10 Å². The van der Waals surface area contributed by atoms with Gasteiger partial charge in [-0.3, -0.25) is 0 Å². The lowest BCUT2D eigenvalue weighted by Gasteiger charge is -2.13. The van der Waals surface area contributed by atoms with Crippen LogP contribution in [0.25, 0.3) is 0 Å². The number of hydrogen-bond acceptors (Lipinski definition) is 4. The summed E-state index contributed by atoms with van der Waals surface area (Å²) in [4.78, 5) is 0. The lowest BCUT2D eigenvalue weighted by atomic mass is 10.1. The van der Waals surface area contributed by atoms with Crippen LogP contribution in [0.15, 0.2) is 18.2 Å². The van der Waals surface area contributed by atoms with E-state index in [9.17, 15) is 0 Å². The number of benzene rings is 1. The molecule has 1 atom stereocenters. The molecule has 1 aromatic carbocycles. The maximum Gasteiger partial charge on any atom is 0.134 e. The van der Waals surface area contributed by atoms with Crippen LogP contribution in [0.5, 0.6) is 5.75 Å². The Hall–Kier alpha value is -1.54. The fraction of sp³-hybridized carbons (Fsp3) is 0.500. The smallest absolute Gasteiger partial charge is 0.134 e. The van der Waals surface area contributed by atoms with Crippen molar-refractivity contribution in [2.24, 2.45) is 5.73 Å². The Labute approximate surface area is 121 Å². The topological polar surface area (TPSA) is 53.7 Å². The number of methoxy groups -OCH3 is 1. The highest BCUT2D eigenvalue weighted by Crippen LogP contribution is 2.19. The van der Waals surface area contributed by atoms with Gasteiger partial charge in [0, 0.05) is 6.61 Å². The molecule has 0 radical (unpaired) electrons. The number of ether oxygens (including phenoxy) is 3. The lowest BCUT2D eigenvalue weighted by molar-refractivity contribution is -0.0116. The summed E-state index contributed by atoms with van der Waals surface area (Å²) in [7, 11) is 1.63. The van der Waals surface area contributed by atoms with Crippen molar-refractivity contribution in [3.63, 3.8) is 0 Å². The Morgan fingerprint density at radius 3 is 2.80 bits per heavy atom. The second-order valence-electron chi connectivity index (χ2n) is 4.32. The first kappa shape index (κ1) is 16.5. The minimum Gasteiger partial charge on any atom is -0.495 e. The van der Waals surface area contributed by atoms with E-state index in [2.05, 4.69) is 11.8 Å². The van der Waals surface area contributed by atoms with Crippen molar-refractivity contribution >= 4 is 0 Å². The Bertz CT molecular complexity index is 463. The number of hydrogen-bond donors (Lipinski definition) is 1. The van der Waals surface area contributed by atoms with Gasteiger partial charge >= 0.3 is 0 Å². The van der Waals surface area contributed by atoms with Crippen LogP contribution < -0.4 is 10.5 Å². The van der Waals surface area contributed by atoms with E-state index in [0.717, 1.165) is 16.9 Å². The van der Waals surface area contributed by atoms with Gasteiger partial charge in [0.25, 0.3) is 0 Å². The van der Waals surface area contributed by atoms with E-state index in [1.165, 1.54) is 0 Å². The number of rotatable bonds is 7. The average molecular weight is 277 g/mol. The van der Waals surface area contributed by atoms with E-state index in [0.29, 0.717) is 26.4 Å². The summed E-state index contributed by atoms with van der Waals surface area (Å²) < 4.78 is 16.3. The Morgan fingerprint density at radius 2 is 2.15 bits per heavy atom. The fourth-order valence-corrected chi connectivity index (χ4v) is 1.66. The SMILES string of the molecule is CCOCC(C)OCc1ccc(OC)c(C#CCN)c1. The monoisotopic (exact) mass is 277 g/mol. The third kappa shape index (κ3) is 5.62. The van der Waals surface area contributed by atoms with Gasteiger partial charge in [-0.15, -0.1) is 0 Å². The molecule has 0 aliphatic carbocycles. The molecule has 0 saturated carbocycles. The standard InChI is InChI=1S/C16H23NO3/c1-4-19-11-13(2)20-12-14-7-8-16(18-3)15(10-14)6-5-9-17/h7-8,10,13H,4,9,11-12,17H2,1-3H3. The zero-order chi connectivity index (χ0) is 14.8. The first-order valence-corrected chi connectivity index (χ1v) is 6.76. The van der Waals surface area contributed by atoms with Gasteiger partial charge in [-0.2, -0.15) is 0 Å². The van der Waals surface area contributed by atoms with Gasteiger partial charge in [-0.25, -0.2) is 0 Å². The molecule has 4 nitrogen and oxygen atoms in total. The third-order valence-electron chi connectivity index (χ3n) is 2.68. The summed E-state index contributed by atoms with van der Waals surface area (Å²) in [5.74, 6) is 6.59. The molecule has 1 rings (SSSR count). The van der Waals surface area contributed by atoms with Crippen molar-refractivity contribution in [3.05, 3.63) is 29.3 Å². The van der Waals surface area contributed by atoms with Gasteiger partial charge in [-0.05, 0) is 31.5 Å². The van der Waals surface area contributed by atoms with Gasteiger partial charge in [0.2, 0.25) is 0 Å². The van der Waals surface area contributed by atoms with Crippen LogP contribution >= 0.6 is 0 Å². The van der Waals surface area contributed by atoms with Crippen molar-refractivity contribution < 1.29 is 14.2 Å². The summed E-state index contributed by atoms with van der Waals surface area (Å²) in [6, 6.07) is 5.83. The minimum absolute atomic E-state index is 0.0654. The second-order valence-corrected chi connectivity index (χ2v) is 4.32. The van der Waals surface area contributed by atoms with Crippen molar-refractivity contribution in [1.82, 2.24) is 0 Å². The van der Waals surface area contributed by atoms with Gasteiger partial charge < -0.3 is 19.9 Å². The molecule has 0 bridgehead atoms. The Balaban J connectivity index is 2.67. The summed E-state index contributed by atoms with van der Waals surface area (Å²) in [5.41, 5.74) is 7.28. The fourth-order valence-electron chi connectivity index (χ4n) is 1.66. The molecule has 0 heterocycles. The molecule has 0 amide bonds. The maximum atomic E-state index is 5.72. The quantitative estimate of drug-likeness (QED) is 0.774. The molecule has 0 aliphatic rings. The summed E-state index contributed by atoms with van der Waals surface area (Å²) in [5, 5.41) is 0. The van der Waals surface area contributed by atoms with E-state index in [1.54, 1.807) is 7.11 Å². The molecular formula is C16H23NO3. The summed E-state index contributed by atoms with van der Waals surface area (Å²) in [6.07, 6.45) is 0.0654. The Kier molecular flexibility index (Phi) is 7.74. The highest BCUT2D eigenvalue weighted by atomic mass is 16.5. The van der Waals surface area contributed by atoms with Crippen molar-refractivity contribution in [2.75, 3.05) is 26.9 Å². The first-order chi connectivity index (χ1) is 9.71. The highest BCUT2D eigenvalue weighted by molar-refractivity contribution is 5.48. The van der Waals surface area contributed by atoms with Crippen LogP contribution in [0.1, 0.15) is 25.0 Å². The van der Waals surface area contributed by atoms with Crippen molar-refractivity contribution in [1.29, 1.82) is 0 Å². The van der Waals surface area contributed by atoms with Crippen molar-refractivity contribution in [3.8, 4) is 17.6 Å². The van der Waals surface area contributed by atoms with Crippen LogP contribution in [0, 0.1) is 11.8 Å². The Morgan fingerprint density at radius 1 is 1.35 bits per heavy atom. The molecule has 20 heavy (non-hydrogen) atoms. The highest BCUT2D eigenvalue weighted by Gasteiger charge is 2.05. The van der Waals surface area contributed by atoms with Gasteiger partial charge in [0.1, 0.15) is 5.75 Å². The van der Waals surface area contributed by atoms with E-state index in [4.69, 9.17) is 19.9 Å². The van der Waals surface area contributed by atoms with Crippen LogP contribution in [-0.2, 0) is 16.1 Å². The molecule has 0 spiro atoms. The normalized spacial score (nSPS) is 11.6. The molecule has 110 valence electrons. The van der Waals surface area contributed by atoms with Crippen molar-refractivity contribution in [2.45, 2.75) is 26.6 Å². The molecule has 0 saturated heterocycles. The van der Waals surface area contributed by atoms with Gasteiger partial charge in [0.15, 0.2) is 0 Å². The summed E-state index contributed by atoms with van der Waals surface area (Å²) >= 11 is 0. The predicted octanol–water partition coefficient (Wildman–Crippen LogP) is 1.95. The van der Waals surface area contributed by atoms with E-state index < -0.39 is 0 Å².